The largest absolute Gasteiger partial charge is 0.502 e. The highest BCUT2D eigenvalue weighted by Gasteiger charge is 2.34. The van der Waals surface area contributed by atoms with Gasteiger partial charge in [0.1, 0.15) is 6.04 Å². The monoisotopic (exact) mass is 731 g/mol. The first-order valence-corrected chi connectivity index (χ1v) is 18.4. The molecule has 0 bridgehead atoms. The number of hydrogen-bond donors (Lipinski definition) is 5. The highest BCUT2D eigenvalue weighted by Crippen LogP contribution is 2.30. The van der Waals surface area contributed by atoms with Crippen molar-refractivity contribution in [3.8, 4) is 5.75 Å². The van der Waals surface area contributed by atoms with Gasteiger partial charge in [-0.05, 0) is 66.3 Å². The molecule has 4 aromatic carbocycles. The molecular formula is C38H45N5O8S. The van der Waals surface area contributed by atoms with Crippen LogP contribution in [0, 0.1) is 16.0 Å². The number of phenols is 1. The lowest BCUT2D eigenvalue weighted by Crippen LogP contribution is -2.50. The average Bonchev–Trinajstić information content (AvgIpc) is 3.13. The number of benzene rings is 4. The minimum atomic E-state index is -3.94. The Hall–Kier alpha value is -5.31. The molecule has 0 unspecified atom stereocenters. The summed E-state index contributed by atoms with van der Waals surface area (Å²) >= 11 is 0. The van der Waals surface area contributed by atoms with Crippen LogP contribution < -0.4 is 16.4 Å². The molecule has 0 aromatic heterocycles. The Morgan fingerprint density at radius 3 is 2.04 bits per heavy atom. The second kappa shape index (κ2) is 18.3. The Labute approximate surface area is 303 Å². The maximum absolute atomic E-state index is 14.0. The summed E-state index contributed by atoms with van der Waals surface area (Å²) in [4.78, 5) is 38.3. The molecule has 4 aromatic rings. The number of rotatable bonds is 18. The average molecular weight is 732 g/mol. The molecule has 13 nitrogen and oxygen atoms in total. The topological polar surface area (TPSA) is 205 Å². The molecule has 0 saturated carbocycles. The molecule has 0 saturated heterocycles. The van der Waals surface area contributed by atoms with Gasteiger partial charge in [0.2, 0.25) is 15.9 Å². The number of nitrogens with two attached hydrogens (primary N) is 1. The number of nitrogen functional groups attached to an aromatic ring is 1. The molecule has 0 spiro atoms. The molecule has 0 fully saturated rings. The third kappa shape index (κ3) is 10.1. The van der Waals surface area contributed by atoms with Crippen molar-refractivity contribution in [3.05, 3.63) is 130 Å². The van der Waals surface area contributed by atoms with Gasteiger partial charge < -0.3 is 26.6 Å². The Kier molecular flexibility index (Phi) is 13.9. The molecule has 2 atom stereocenters. The van der Waals surface area contributed by atoms with Crippen molar-refractivity contribution < 1.29 is 33.1 Å². The number of unbranched alkanes of at least 4 members (excludes halogenated alkanes) is 1. The molecule has 0 aliphatic rings. The van der Waals surface area contributed by atoms with Crippen molar-refractivity contribution in [2.75, 3.05) is 25.4 Å². The highest BCUT2D eigenvalue weighted by molar-refractivity contribution is 7.89. The van der Waals surface area contributed by atoms with Gasteiger partial charge in [0, 0.05) is 42.4 Å². The number of carbonyl (C=O) groups is 2. The lowest BCUT2D eigenvalue weighted by atomic mass is 9.84. The van der Waals surface area contributed by atoms with Gasteiger partial charge in [-0.2, -0.15) is 4.31 Å². The van der Waals surface area contributed by atoms with Crippen LogP contribution in [-0.2, 0) is 14.8 Å². The number of aliphatic hydroxyl groups excluding tert-OH is 1. The predicted octanol–water partition coefficient (Wildman–Crippen LogP) is 4.81. The number of nitro groups is 1. The van der Waals surface area contributed by atoms with Crippen LogP contribution in [0.4, 0.5) is 11.4 Å². The zero-order chi connectivity index (χ0) is 37.8. The van der Waals surface area contributed by atoms with Gasteiger partial charge in [0.25, 0.3) is 5.91 Å². The summed E-state index contributed by atoms with van der Waals surface area (Å²) in [5.41, 5.74) is 6.91. The Morgan fingerprint density at radius 2 is 1.50 bits per heavy atom. The van der Waals surface area contributed by atoms with E-state index in [0.29, 0.717) is 24.9 Å². The van der Waals surface area contributed by atoms with E-state index in [2.05, 4.69) is 10.6 Å². The first kappa shape index (κ1) is 39.5. The van der Waals surface area contributed by atoms with Crippen LogP contribution in [0.1, 0.15) is 60.5 Å². The van der Waals surface area contributed by atoms with E-state index in [9.17, 15) is 38.3 Å². The zero-order valence-electron chi connectivity index (χ0n) is 29.1. The van der Waals surface area contributed by atoms with Crippen LogP contribution in [0.5, 0.6) is 5.75 Å². The van der Waals surface area contributed by atoms with Gasteiger partial charge in [-0.3, -0.25) is 19.7 Å². The number of sulfonamides is 1. The molecule has 0 aliphatic carbocycles. The highest BCUT2D eigenvalue weighted by atomic mass is 32.2. The van der Waals surface area contributed by atoms with Crippen LogP contribution in [0.2, 0.25) is 0 Å². The molecule has 0 heterocycles. The van der Waals surface area contributed by atoms with Crippen LogP contribution in [0.25, 0.3) is 0 Å². The number of amides is 2. The number of hydrogen-bond acceptors (Lipinski definition) is 9. The standard InChI is InChI=1S/C38H45N5O8S/c1-26(2)24-42(52(50,51)32-19-17-30(39)18-20-32)31(25-44)15-9-10-22-40-38(47)36(41-37(46)29-16-21-34(45)33(23-29)43(48)49)35(27-11-5-3-6-12-27)28-13-7-4-8-14-28/h3-8,11-14,16-21,23,26,31,35-36,44-45H,9-10,15,22,24-25,39H2,1-2H3,(H,40,47)(H,41,46)/t31-,36-/m0/s1. The Morgan fingerprint density at radius 1 is 0.904 bits per heavy atom. The fourth-order valence-electron chi connectivity index (χ4n) is 5.97. The van der Waals surface area contributed by atoms with E-state index in [1.54, 1.807) is 0 Å². The Balaban J connectivity index is 1.53. The van der Waals surface area contributed by atoms with Crippen molar-refractivity contribution >= 4 is 33.2 Å². The summed E-state index contributed by atoms with van der Waals surface area (Å²) in [6.07, 6.45) is 1.22. The van der Waals surface area contributed by atoms with E-state index in [-0.39, 0.29) is 29.5 Å². The van der Waals surface area contributed by atoms with Gasteiger partial charge in [-0.25, -0.2) is 8.42 Å². The third-order valence-corrected chi connectivity index (χ3v) is 10.5. The minimum absolute atomic E-state index is 0.0149. The molecule has 2 amide bonds. The summed E-state index contributed by atoms with van der Waals surface area (Å²) < 4.78 is 28.6. The molecule has 0 radical (unpaired) electrons. The number of aliphatic hydroxyl groups is 1. The van der Waals surface area contributed by atoms with Gasteiger partial charge in [-0.15, -0.1) is 0 Å². The second-order valence-corrected chi connectivity index (χ2v) is 14.8. The molecule has 0 aliphatic heterocycles. The van der Waals surface area contributed by atoms with Gasteiger partial charge in [0.05, 0.1) is 16.4 Å². The number of anilines is 1. The van der Waals surface area contributed by atoms with Gasteiger partial charge >= 0.3 is 5.69 Å². The number of aromatic hydroxyl groups is 1. The van der Waals surface area contributed by atoms with Crippen molar-refractivity contribution in [2.45, 2.75) is 56.0 Å². The second-order valence-electron chi connectivity index (χ2n) is 12.9. The van der Waals surface area contributed by atoms with Crippen molar-refractivity contribution in [1.29, 1.82) is 0 Å². The Bertz CT molecular complexity index is 1870. The summed E-state index contributed by atoms with van der Waals surface area (Å²) in [5, 5.41) is 37.4. The van der Waals surface area contributed by atoms with Crippen molar-refractivity contribution in [2.24, 2.45) is 5.92 Å². The smallest absolute Gasteiger partial charge is 0.311 e. The first-order valence-electron chi connectivity index (χ1n) is 17.0. The van der Waals surface area contributed by atoms with E-state index >= 15 is 0 Å². The van der Waals surface area contributed by atoms with E-state index in [1.165, 1.54) is 34.6 Å². The summed E-state index contributed by atoms with van der Waals surface area (Å²) in [6.45, 7) is 3.77. The number of carbonyl (C=O) groups excluding carboxylic acids is 2. The lowest BCUT2D eigenvalue weighted by Gasteiger charge is -2.31. The predicted molar refractivity (Wildman–Crippen MR) is 198 cm³/mol. The lowest BCUT2D eigenvalue weighted by molar-refractivity contribution is -0.385. The van der Waals surface area contributed by atoms with E-state index in [1.807, 2.05) is 74.5 Å². The van der Waals surface area contributed by atoms with Crippen molar-refractivity contribution in [3.63, 3.8) is 0 Å². The quantitative estimate of drug-likeness (QED) is 0.0412. The van der Waals surface area contributed by atoms with Crippen LogP contribution in [0.15, 0.2) is 108 Å². The summed E-state index contributed by atoms with van der Waals surface area (Å²) in [5.74, 6) is -2.52. The number of nitrogens with zero attached hydrogens (tertiary/aromatic N) is 2. The van der Waals surface area contributed by atoms with E-state index in [0.717, 1.165) is 23.3 Å². The SMILES string of the molecule is CC(C)CN([C@H](CO)CCCCNC(=O)[C@@H](NC(=O)c1ccc(O)c([N+](=O)[O-])c1)C(c1ccccc1)c1ccccc1)S(=O)(=O)c1ccc(N)cc1. The van der Waals surface area contributed by atoms with E-state index in [4.69, 9.17) is 5.73 Å². The van der Waals surface area contributed by atoms with E-state index < -0.39 is 62.8 Å². The van der Waals surface area contributed by atoms with Crippen LogP contribution in [0.3, 0.4) is 0 Å². The molecular weight excluding hydrogens is 687 g/mol. The normalized spacial score (nSPS) is 12.8. The van der Waals surface area contributed by atoms with Gasteiger partial charge in [-0.1, -0.05) is 80.9 Å². The maximum atomic E-state index is 14.0. The number of phenolic OH excluding ortho intramolecular Hbond substituents is 1. The maximum Gasteiger partial charge on any atom is 0.311 e. The summed E-state index contributed by atoms with van der Waals surface area (Å²) in [6, 6.07) is 25.6. The first-order chi connectivity index (χ1) is 24.8. The number of nitrogens with one attached hydrogen (secondary N) is 2. The fraction of sp³-hybridized carbons (Fsp3) is 0.316. The molecule has 6 N–H and O–H groups in total. The van der Waals surface area contributed by atoms with Gasteiger partial charge in [0.15, 0.2) is 5.75 Å². The molecule has 276 valence electrons. The summed E-state index contributed by atoms with van der Waals surface area (Å²) in [7, 11) is -3.94. The third-order valence-electron chi connectivity index (χ3n) is 8.57. The molecule has 14 heteroatoms. The number of nitro benzene ring substituents is 1. The zero-order valence-corrected chi connectivity index (χ0v) is 29.9. The molecule has 4 rings (SSSR count). The van der Waals surface area contributed by atoms with Crippen molar-refractivity contribution in [1.82, 2.24) is 14.9 Å². The van der Waals surface area contributed by atoms with Crippen LogP contribution in [-0.4, -0.2) is 71.5 Å². The fourth-order valence-corrected chi connectivity index (χ4v) is 7.77. The minimum Gasteiger partial charge on any atom is -0.502 e. The molecule has 52 heavy (non-hydrogen) atoms. The van der Waals surface area contributed by atoms with Crippen LogP contribution >= 0.6 is 0 Å².